The second-order valence-corrected chi connectivity index (χ2v) is 7.09. The monoisotopic (exact) mass is 386 g/mol. The number of ether oxygens (including phenoxy) is 2. The number of hydrogen-bond acceptors (Lipinski definition) is 7. The van der Waals surface area contributed by atoms with Crippen molar-refractivity contribution in [3.05, 3.63) is 60.7 Å². The van der Waals surface area contributed by atoms with Gasteiger partial charge in [-0.05, 0) is 48.5 Å². The molecule has 0 radical (unpaired) electrons. The maximum Gasteiger partial charge on any atom is 0.263 e. The molecule has 1 heterocycles. The van der Waals surface area contributed by atoms with Gasteiger partial charge in [-0.25, -0.2) is 8.42 Å². The number of aromatic nitrogens is 2. The normalized spacial score (nSPS) is 10.9. The van der Waals surface area contributed by atoms with Crippen molar-refractivity contribution in [3.63, 3.8) is 0 Å². The lowest BCUT2D eigenvalue weighted by Gasteiger charge is -2.11. The van der Waals surface area contributed by atoms with Gasteiger partial charge in [-0.3, -0.25) is 4.72 Å². The fraction of sp³-hybridized carbons (Fsp3) is 0.111. The molecule has 0 aliphatic heterocycles. The van der Waals surface area contributed by atoms with Gasteiger partial charge in [0.2, 0.25) is 0 Å². The number of para-hydroxylation sites is 2. The molecular formula is C18H18N4O4S. The molecule has 0 aliphatic rings. The van der Waals surface area contributed by atoms with Crippen LogP contribution >= 0.6 is 0 Å². The second-order valence-electron chi connectivity index (χ2n) is 5.41. The first-order chi connectivity index (χ1) is 13.0. The summed E-state index contributed by atoms with van der Waals surface area (Å²) in [6, 6.07) is 16.5. The molecule has 140 valence electrons. The Hall–Kier alpha value is -3.33. The van der Waals surface area contributed by atoms with E-state index in [0.29, 0.717) is 17.3 Å². The molecule has 0 bridgehead atoms. The molecule has 0 saturated heterocycles. The zero-order valence-electron chi connectivity index (χ0n) is 14.7. The highest BCUT2D eigenvalue weighted by molar-refractivity contribution is 7.92. The predicted octanol–water partition coefficient (Wildman–Crippen LogP) is 3.04. The average molecular weight is 386 g/mol. The van der Waals surface area contributed by atoms with Gasteiger partial charge in [-0.2, -0.15) is 0 Å². The zero-order valence-corrected chi connectivity index (χ0v) is 15.5. The number of hydrogen-bond donors (Lipinski definition) is 2. The van der Waals surface area contributed by atoms with Gasteiger partial charge in [0, 0.05) is 0 Å². The van der Waals surface area contributed by atoms with E-state index < -0.39 is 10.0 Å². The number of methoxy groups -OCH3 is 2. The number of anilines is 3. The molecule has 0 aliphatic carbocycles. The van der Waals surface area contributed by atoms with Crippen LogP contribution in [0.3, 0.4) is 0 Å². The molecule has 3 aromatic rings. The Morgan fingerprint density at radius 2 is 1.48 bits per heavy atom. The van der Waals surface area contributed by atoms with Gasteiger partial charge in [0.25, 0.3) is 10.0 Å². The average Bonchev–Trinajstić information content (AvgIpc) is 2.70. The molecule has 0 atom stereocenters. The van der Waals surface area contributed by atoms with Crippen LogP contribution in [0.2, 0.25) is 0 Å². The maximum atomic E-state index is 12.4. The number of nitrogens with one attached hydrogen (secondary N) is 2. The van der Waals surface area contributed by atoms with Crippen LogP contribution in [0.25, 0.3) is 0 Å². The summed E-state index contributed by atoms with van der Waals surface area (Å²) in [6.45, 7) is 0. The van der Waals surface area contributed by atoms with Gasteiger partial charge in [0.15, 0.2) is 11.6 Å². The number of benzene rings is 2. The lowest BCUT2D eigenvalue weighted by Crippen LogP contribution is -2.14. The highest BCUT2D eigenvalue weighted by Gasteiger charge is 2.15. The molecule has 0 saturated carbocycles. The Kier molecular flexibility index (Phi) is 5.41. The van der Waals surface area contributed by atoms with E-state index in [-0.39, 0.29) is 10.7 Å². The summed E-state index contributed by atoms with van der Waals surface area (Å²) in [5, 5.41) is 11.0. The molecule has 0 fully saturated rings. The van der Waals surface area contributed by atoms with E-state index in [1.807, 2.05) is 24.3 Å². The third-order valence-corrected chi connectivity index (χ3v) is 5.01. The van der Waals surface area contributed by atoms with Crippen molar-refractivity contribution in [1.82, 2.24) is 10.2 Å². The molecule has 1 aromatic heterocycles. The first kappa shape index (κ1) is 18.5. The van der Waals surface area contributed by atoms with Crippen molar-refractivity contribution in [2.75, 3.05) is 24.3 Å². The van der Waals surface area contributed by atoms with E-state index in [4.69, 9.17) is 9.47 Å². The SMILES string of the molecule is COc1ccc(S(=O)(=O)Nc2ccc(Nc3ccccc3OC)nn2)cc1. The molecule has 3 rings (SSSR count). The first-order valence-electron chi connectivity index (χ1n) is 7.92. The lowest BCUT2D eigenvalue weighted by atomic mass is 10.3. The topological polar surface area (TPSA) is 102 Å². The second kappa shape index (κ2) is 7.92. The van der Waals surface area contributed by atoms with E-state index in [1.165, 1.54) is 25.3 Å². The zero-order chi connectivity index (χ0) is 19.3. The number of nitrogens with zero attached hydrogens (tertiary/aromatic N) is 2. The van der Waals surface area contributed by atoms with E-state index in [0.717, 1.165) is 5.69 Å². The lowest BCUT2D eigenvalue weighted by molar-refractivity contribution is 0.414. The Balaban J connectivity index is 1.73. The Bertz CT molecular complexity index is 1010. The molecule has 0 unspecified atom stereocenters. The van der Waals surface area contributed by atoms with Crippen LogP contribution in [0.4, 0.5) is 17.3 Å². The van der Waals surface area contributed by atoms with Crippen LogP contribution in [0.15, 0.2) is 65.6 Å². The summed E-state index contributed by atoms with van der Waals surface area (Å²) in [5.41, 5.74) is 0.723. The fourth-order valence-corrected chi connectivity index (χ4v) is 3.29. The molecule has 0 amide bonds. The van der Waals surface area contributed by atoms with Crippen LogP contribution in [-0.2, 0) is 10.0 Å². The third-order valence-electron chi connectivity index (χ3n) is 3.64. The van der Waals surface area contributed by atoms with E-state index in [1.54, 1.807) is 25.3 Å². The van der Waals surface area contributed by atoms with Crippen molar-refractivity contribution in [2.24, 2.45) is 0 Å². The van der Waals surface area contributed by atoms with Crippen LogP contribution in [0.1, 0.15) is 0 Å². The predicted molar refractivity (Wildman–Crippen MR) is 102 cm³/mol. The van der Waals surface area contributed by atoms with Crippen LogP contribution < -0.4 is 19.5 Å². The Morgan fingerprint density at radius 3 is 2.11 bits per heavy atom. The van der Waals surface area contributed by atoms with Crippen LogP contribution in [-0.4, -0.2) is 32.8 Å². The van der Waals surface area contributed by atoms with Gasteiger partial charge in [0.05, 0.1) is 24.8 Å². The molecule has 8 nitrogen and oxygen atoms in total. The minimum Gasteiger partial charge on any atom is -0.497 e. The number of sulfonamides is 1. The van der Waals surface area contributed by atoms with Crippen LogP contribution in [0.5, 0.6) is 11.5 Å². The summed E-state index contributed by atoms with van der Waals surface area (Å²) in [5.74, 6) is 1.78. The summed E-state index contributed by atoms with van der Waals surface area (Å²) >= 11 is 0. The van der Waals surface area contributed by atoms with Gasteiger partial charge >= 0.3 is 0 Å². The smallest absolute Gasteiger partial charge is 0.263 e. The molecule has 27 heavy (non-hydrogen) atoms. The molecule has 2 N–H and O–H groups in total. The highest BCUT2D eigenvalue weighted by atomic mass is 32.2. The summed E-state index contributed by atoms with van der Waals surface area (Å²) in [4.78, 5) is 0.0984. The minimum atomic E-state index is -3.77. The van der Waals surface area contributed by atoms with Gasteiger partial charge < -0.3 is 14.8 Å². The Morgan fingerprint density at radius 1 is 0.815 bits per heavy atom. The third kappa shape index (κ3) is 4.45. The van der Waals surface area contributed by atoms with Gasteiger partial charge in [-0.1, -0.05) is 12.1 Å². The number of rotatable bonds is 7. The summed E-state index contributed by atoms with van der Waals surface area (Å²) in [7, 11) is -0.685. The van der Waals surface area contributed by atoms with E-state index in [9.17, 15) is 8.42 Å². The van der Waals surface area contributed by atoms with E-state index in [2.05, 4.69) is 20.2 Å². The van der Waals surface area contributed by atoms with Gasteiger partial charge in [-0.15, -0.1) is 10.2 Å². The fourth-order valence-electron chi connectivity index (χ4n) is 2.29. The van der Waals surface area contributed by atoms with Crippen molar-refractivity contribution >= 4 is 27.3 Å². The quantitative estimate of drug-likeness (QED) is 0.643. The molecule has 0 spiro atoms. The van der Waals surface area contributed by atoms with Crippen molar-refractivity contribution in [3.8, 4) is 11.5 Å². The minimum absolute atomic E-state index is 0.0984. The largest absolute Gasteiger partial charge is 0.497 e. The Labute approximate surface area is 157 Å². The summed E-state index contributed by atoms with van der Waals surface area (Å²) < 4.78 is 37.5. The summed E-state index contributed by atoms with van der Waals surface area (Å²) in [6.07, 6.45) is 0. The standard InChI is InChI=1S/C18H18N4O4S/c1-25-13-7-9-14(10-8-13)27(23,24)22-18-12-11-17(20-21-18)19-15-5-3-4-6-16(15)26-2/h3-12H,1-2H3,(H,19,20)(H,21,22). The van der Waals surface area contributed by atoms with Crippen LogP contribution in [0, 0.1) is 0 Å². The molecule has 9 heteroatoms. The highest BCUT2D eigenvalue weighted by Crippen LogP contribution is 2.26. The molecular weight excluding hydrogens is 368 g/mol. The van der Waals surface area contributed by atoms with Crippen molar-refractivity contribution in [2.45, 2.75) is 4.90 Å². The van der Waals surface area contributed by atoms with Crippen molar-refractivity contribution in [1.29, 1.82) is 0 Å². The van der Waals surface area contributed by atoms with E-state index >= 15 is 0 Å². The first-order valence-corrected chi connectivity index (χ1v) is 9.41. The molecule has 2 aromatic carbocycles. The van der Waals surface area contributed by atoms with Gasteiger partial charge in [0.1, 0.15) is 11.5 Å². The maximum absolute atomic E-state index is 12.4. The van der Waals surface area contributed by atoms with Crippen molar-refractivity contribution < 1.29 is 17.9 Å².